The maximum atomic E-state index is 12.5. The first-order valence-corrected chi connectivity index (χ1v) is 9.65. The Kier molecular flexibility index (Phi) is 6.09. The summed E-state index contributed by atoms with van der Waals surface area (Å²) >= 11 is 1.60. The molecule has 1 unspecified atom stereocenters. The predicted octanol–water partition coefficient (Wildman–Crippen LogP) is 0.738. The van der Waals surface area contributed by atoms with Gasteiger partial charge in [0.1, 0.15) is 0 Å². The lowest BCUT2D eigenvalue weighted by molar-refractivity contribution is -0.139. The molecule has 1 N–H and O–H groups in total. The van der Waals surface area contributed by atoms with Crippen LogP contribution >= 0.6 is 11.8 Å². The number of carbonyl (C=O) groups is 2. The number of likely N-dealkylation sites (tertiary alicyclic amines) is 1. The SMILES string of the molecule is O=C(CSCc1ccccn1)N1CCCC(N2CCNCC2=O)C1. The van der Waals surface area contributed by atoms with E-state index in [9.17, 15) is 9.59 Å². The van der Waals surface area contributed by atoms with E-state index in [1.165, 1.54) is 0 Å². The minimum Gasteiger partial charge on any atom is -0.340 e. The van der Waals surface area contributed by atoms with E-state index in [0.717, 1.165) is 43.9 Å². The van der Waals surface area contributed by atoms with E-state index in [2.05, 4.69) is 10.3 Å². The lowest BCUT2D eigenvalue weighted by Gasteiger charge is -2.41. The van der Waals surface area contributed by atoms with E-state index in [4.69, 9.17) is 0 Å². The highest BCUT2D eigenvalue weighted by molar-refractivity contribution is 7.99. The van der Waals surface area contributed by atoms with E-state index in [-0.39, 0.29) is 17.9 Å². The normalized spacial score (nSPS) is 21.8. The van der Waals surface area contributed by atoms with Crippen LogP contribution in [0, 0.1) is 0 Å². The molecule has 2 aliphatic rings. The van der Waals surface area contributed by atoms with Crippen molar-refractivity contribution in [1.29, 1.82) is 0 Å². The van der Waals surface area contributed by atoms with Crippen LogP contribution in [0.3, 0.4) is 0 Å². The first-order chi connectivity index (χ1) is 11.7. The molecule has 7 heteroatoms. The molecule has 1 aromatic heterocycles. The zero-order valence-corrected chi connectivity index (χ0v) is 14.6. The average molecular weight is 348 g/mol. The molecule has 6 nitrogen and oxygen atoms in total. The van der Waals surface area contributed by atoms with Crippen molar-refractivity contribution in [2.45, 2.75) is 24.6 Å². The fourth-order valence-corrected chi connectivity index (χ4v) is 4.10. The van der Waals surface area contributed by atoms with Gasteiger partial charge in [0.2, 0.25) is 11.8 Å². The van der Waals surface area contributed by atoms with Gasteiger partial charge in [-0.25, -0.2) is 0 Å². The van der Waals surface area contributed by atoms with Crippen molar-refractivity contribution in [1.82, 2.24) is 20.1 Å². The fourth-order valence-electron chi connectivity index (χ4n) is 3.26. The van der Waals surface area contributed by atoms with E-state index in [1.54, 1.807) is 18.0 Å². The molecule has 0 saturated carbocycles. The molecule has 0 bridgehead atoms. The molecule has 2 saturated heterocycles. The third kappa shape index (κ3) is 4.48. The van der Waals surface area contributed by atoms with Gasteiger partial charge in [-0.2, -0.15) is 0 Å². The van der Waals surface area contributed by atoms with Gasteiger partial charge in [-0.15, -0.1) is 11.8 Å². The zero-order chi connectivity index (χ0) is 16.8. The molecule has 1 aromatic rings. The minimum atomic E-state index is 0.157. The predicted molar refractivity (Wildman–Crippen MR) is 94.6 cm³/mol. The Morgan fingerprint density at radius 3 is 3.08 bits per heavy atom. The van der Waals surface area contributed by atoms with Crippen molar-refractivity contribution < 1.29 is 9.59 Å². The second-order valence-corrected chi connectivity index (χ2v) is 7.20. The molecule has 0 aliphatic carbocycles. The summed E-state index contributed by atoms with van der Waals surface area (Å²) in [4.78, 5) is 32.7. The Balaban J connectivity index is 1.47. The number of rotatable bonds is 5. The van der Waals surface area contributed by atoms with Gasteiger partial charge in [0, 0.05) is 44.2 Å². The van der Waals surface area contributed by atoms with Crippen LogP contribution < -0.4 is 5.32 Å². The molecule has 2 aliphatic heterocycles. The van der Waals surface area contributed by atoms with Crippen LogP contribution in [0.2, 0.25) is 0 Å². The quantitative estimate of drug-likeness (QED) is 0.850. The van der Waals surface area contributed by atoms with Crippen LogP contribution in [-0.2, 0) is 15.3 Å². The van der Waals surface area contributed by atoms with Crippen molar-refractivity contribution >= 4 is 23.6 Å². The lowest BCUT2D eigenvalue weighted by atomic mass is 10.0. The molecule has 1 atom stereocenters. The van der Waals surface area contributed by atoms with Crippen LogP contribution in [0.4, 0.5) is 0 Å². The first-order valence-electron chi connectivity index (χ1n) is 8.49. The zero-order valence-electron chi connectivity index (χ0n) is 13.8. The number of hydrogen-bond donors (Lipinski definition) is 1. The monoisotopic (exact) mass is 348 g/mol. The van der Waals surface area contributed by atoms with Crippen LogP contribution in [0.25, 0.3) is 0 Å². The topological polar surface area (TPSA) is 65.5 Å². The summed E-state index contributed by atoms with van der Waals surface area (Å²) in [6.07, 6.45) is 3.74. The Hall–Kier alpha value is -1.60. The molecule has 2 fully saturated rings. The van der Waals surface area contributed by atoms with Gasteiger partial charge in [-0.1, -0.05) is 6.07 Å². The second kappa shape index (κ2) is 8.48. The molecule has 24 heavy (non-hydrogen) atoms. The molecular formula is C17H24N4O2S. The Morgan fingerprint density at radius 1 is 1.38 bits per heavy atom. The molecule has 0 spiro atoms. The summed E-state index contributed by atoms with van der Waals surface area (Å²) in [7, 11) is 0. The van der Waals surface area contributed by atoms with Gasteiger partial charge in [-0.05, 0) is 25.0 Å². The molecule has 2 amide bonds. The number of carbonyl (C=O) groups excluding carboxylic acids is 2. The Morgan fingerprint density at radius 2 is 2.29 bits per heavy atom. The Bertz CT molecular complexity index is 569. The third-order valence-corrected chi connectivity index (χ3v) is 5.47. The van der Waals surface area contributed by atoms with Crippen molar-refractivity contribution in [2.75, 3.05) is 38.5 Å². The number of aromatic nitrogens is 1. The number of nitrogens with one attached hydrogen (secondary N) is 1. The largest absolute Gasteiger partial charge is 0.340 e. The number of nitrogens with zero attached hydrogens (tertiary/aromatic N) is 3. The van der Waals surface area contributed by atoms with Gasteiger partial charge < -0.3 is 15.1 Å². The van der Waals surface area contributed by atoms with Crippen molar-refractivity contribution in [2.24, 2.45) is 0 Å². The summed E-state index contributed by atoms with van der Waals surface area (Å²) in [5.74, 6) is 1.55. The van der Waals surface area contributed by atoms with Crippen molar-refractivity contribution in [3.8, 4) is 0 Å². The molecule has 3 rings (SSSR count). The number of piperidine rings is 1. The second-order valence-electron chi connectivity index (χ2n) is 6.21. The maximum absolute atomic E-state index is 12.5. The summed E-state index contributed by atoms with van der Waals surface area (Å²) in [6, 6.07) is 6.01. The van der Waals surface area contributed by atoms with Gasteiger partial charge in [0.15, 0.2) is 0 Å². The number of pyridine rings is 1. The van der Waals surface area contributed by atoms with Crippen molar-refractivity contribution in [3.05, 3.63) is 30.1 Å². The molecule has 0 aromatic carbocycles. The van der Waals surface area contributed by atoms with E-state index < -0.39 is 0 Å². The van der Waals surface area contributed by atoms with Gasteiger partial charge >= 0.3 is 0 Å². The molecule has 0 radical (unpaired) electrons. The van der Waals surface area contributed by atoms with Gasteiger partial charge in [0.25, 0.3) is 0 Å². The van der Waals surface area contributed by atoms with Crippen LogP contribution in [0.5, 0.6) is 0 Å². The van der Waals surface area contributed by atoms with Crippen LogP contribution in [0.1, 0.15) is 18.5 Å². The molecule has 3 heterocycles. The summed E-state index contributed by atoms with van der Waals surface area (Å²) in [5, 5.41) is 3.10. The summed E-state index contributed by atoms with van der Waals surface area (Å²) < 4.78 is 0. The maximum Gasteiger partial charge on any atom is 0.236 e. The number of piperazine rings is 1. The average Bonchev–Trinajstić information content (AvgIpc) is 2.63. The number of amides is 2. The highest BCUT2D eigenvalue weighted by Gasteiger charge is 2.31. The first kappa shape index (κ1) is 17.2. The van der Waals surface area contributed by atoms with E-state index >= 15 is 0 Å². The number of thioether (sulfide) groups is 1. The highest BCUT2D eigenvalue weighted by atomic mass is 32.2. The van der Waals surface area contributed by atoms with Crippen LogP contribution in [-0.4, -0.2) is 71.1 Å². The highest BCUT2D eigenvalue weighted by Crippen LogP contribution is 2.19. The lowest BCUT2D eigenvalue weighted by Crippen LogP contribution is -2.57. The van der Waals surface area contributed by atoms with E-state index in [0.29, 0.717) is 18.8 Å². The number of hydrogen-bond acceptors (Lipinski definition) is 5. The third-order valence-electron chi connectivity index (χ3n) is 4.52. The smallest absolute Gasteiger partial charge is 0.236 e. The minimum absolute atomic E-state index is 0.157. The Labute approximate surface area is 147 Å². The van der Waals surface area contributed by atoms with E-state index in [1.807, 2.05) is 28.0 Å². The molecule has 130 valence electrons. The molecular weight excluding hydrogens is 324 g/mol. The standard InChI is InChI=1S/C17H24N4O2S/c22-16-10-18-7-9-21(16)15-5-3-8-20(11-15)17(23)13-24-12-14-4-1-2-6-19-14/h1-2,4,6,15,18H,3,5,7-13H2. The fraction of sp³-hybridized carbons (Fsp3) is 0.588. The van der Waals surface area contributed by atoms with Crippen molar-refractivity contribution in [3.63, 3.8) is 0 Å². The van der Waals surface area contributed by atoms with Crippen LogP contribution in [0.15, 0.2) is 24.4 Å². The summed E-state index contributed by atoms with van der Waals surface area (Å²) in [6.45, 7) is 3.49. The summed E-state index contributed by atoms with van der Waals surface area (Å²) in [5.41, 5.74) is 0.998. The van der Waals surface area contributed by atoms with Gasteiger partial charge in [0.05, 0.1) is 18.0 Å². The van der Waals surface area contributed by atoms with Gasteiger partial charge in [-0.3, -0.25) is 14.6 Å².